The van der Waals surface area contributed by atoms with Crippen LogP contribution in [-0.2, 0) is 10.0 Å². The van der Waals surface area contributed by atoms with Gasteiger partial charge in [-0.05, 0) is 56.3 Å². The molecule has 1 atom stereocenters. The zero-order valence-electron chi connectivity index (χ0n) is 11.2. The summed E-state index contributed by atoms with van der Waals surface area (Å²) in [7, 11) is -3.73. The Balaban J connectivity index is 2.90. The number of nitrogens with two attached hydrogens (primary N) is 1. The van der Waals surface area contributed by atoms with Gasteiger partial charge in [0.2, 0.25) is 10.0 Å². The lowest BCUT2D eigenvalue weighted by atomic mass is 10.1. The molecule has 0 radical (unpaired) electrons. The van der Waals surface area contributed by atoms with Gasteiger partial charge in [-0.15, -0.1) is 0 Å². The van der Waals surface area contributed by atoms with Crippen molar-refractivity contribution in [3.8, 4) is 0 Å². The van der Waals surface area contributed by atoms with Gasteiger partial charge >= 0.3 is 0 Å². The molecule has 0 aromatic heterocycles. The molecular formula is C12H18Br2N2O3S. The third-order valence-corrected chi connectivity index (χ3v) is 5.84. The van der Waals surface area contributed by atoms with Crippen LogP contribution in [0, 0.1) is 5.92 Å². The monoisotopic (exact) mass is 428 g/mol. The number of rotatable bonds is 6. The summed E-state index contributed by atoms with van der Waals surface area (Å²) >= 11 is 6.38. The first-order chi connectivity index (χ1) is 9.13. The lowest BCUT2D eigenvalue weighted by molar-refractivity contribution is 0.152. The van der Waals surface area contributed by atoms with Crippen molar-refractivity contribution in [2.45, 2.75) is 31.3 Å². The van der Waals surface area contributed by atoms with Crippen molar-refractivity contribution in [3.63, 3.8) is 0 Å². The molecule has 114 valence electrons. The molecule has 8 heteroatoms. The number of aliphatic hydroxyl groups excluding tert-OH is 1. The van der Waals surface area contributed by atoms with Crippen molar-refractivity contribution < 1.29 is 13.5 Å². The van der Waals surface area contributed by atoms with Crippen LogP contribution in [0.15, 0.2) is 26.0 Å². The van der Waals surface area contributed by atoms with E-state index in [-0.39, 0.29) is 11.4 Å². The summed E-state index contributed by atoms with van der Waals surface area (Å²) in [4.78, 5) is 0.0726. The molecule has 0 amide bonds. The summed E-state index contributed by atoms with van der Waals surface area (Å²) in [5, 5.41) is 9.74. The van der Waals surface area contributed by atoms with Crippen LogP contribution in [0.4, 0.5) is 5.69 Å². The smallest absolute Gasteiger partial charge is 0.242 e. The Morgan fingerprint density at radius 1 is 1.30 bits per heavy atom. The van der Waals surface area contributed by atoms with E-state index in [9.17, 15) is 13.5 Å². The van der Waals surface area contributed by atoms with Crippen LogP contribution in [0.1, 0.15) is 20.3 Å². The normalized spacial score (nSPS) is 13.7. The summed E-state index contributed by atoms with van der Waals surface area (Å²) < 4.78 is 27.6. The molecule has 5 nitrogen and oxygen atoms in total. The van der Waals surface area contributed by atoms with Gasteiger partial charge in [-0.25, -0.2) is 13.1 Å². The van der Waals surface area contributed by atoms with Gasteiger partial charge in [0.05, 0.1) is 6.10 Å². The van der Waals surface area contributed by atoms with Crippen molar-refractivity contribution in [3.05, 3.63) is 21.1 Å². The minimum Gasteiger partial charge on any atom is -0.399 e. The number of hydrogen-bond acceptors (Lipinski definition) is 4. The van der Waals surface area contributed by atoms with Crippen LogP contribution >= 0.6 is 31.9 Å². The fraction of sp³-hybridized carbons (Fsp3) is 0.500. The second-order valence-corrected chi connectivity index (χ2v) is 8.36. The second-order valence-electron chi connectivity index (χ2n) is 4.95. The first kappa shape index (κ1) is 17.9. The third-order valence-electron chi connectivity index (χ3n) is 2.54. The lowest BCUT2D eigenvalue weighted by Gasteiger charge is -2.15. The highest BCUT2D eigenvalue weighted by molar-refractivity contribution is 9.11. The van der Waals surface area contributed by atoms with Gasteiger partial charge in [-0.3, -0.25) is 0 Å². The number of hydrogen-bond donors (Lipinski definition) is 3. The van der Waals surface area contributed by atoms with Gasteiger partial charge < -0.3 is 10.8 Å². The molecular weight excluding hydrogens is 412 g/mol. The Morgan fingerprint density at radius 2 is 1.80 bits per heavy atom. The Hall–Kier alpha value is -0.150. The summed E-state index contributed by atoms with van der Waals surface area (Å²) in [5.74, 6) is 0.296. The predicted octanol–water partition coefficient (Wildman–Crippen LogP) is 2.48. The van der Waals surface area contributed by atoms with E-state index < -0.39 is 16.1 Å². The fourth-order valence-corrected chi connectivity index (χ4v) is 5.43. The largest absolute Gasteiger partial charge is 0.399 e. The quantitative estimate of drug-likeness (QED) is 0.605. The van der Waals surface area contributed by atoms with Crippen molar-refractivity contribution >= 4 is 47.6 Å². The Bertz CT molecular complexity index is 553. The van der Waals surface area contributed by atoms with E-state index in [0.717, 1.165) is 0 Å². The third kappa shape index (κ3) is 5.00. The molecule has 1 aromatic rings. The van der Waals surface area contributed by atoms with Gasteiger partial charge in [-0.2, -0.15) is 0 Å². The average Bonchev–Trinajstić information content (AvgIpc) is 2.23. The first-order valence-electron chi connectivity index (χ1n) is 6.05. The lowest BCUT2D eigenvalue weighted by Crippen LogP contribution is -2.33. The number of halogens is 2. The molecule has 1 rings (SSSR count). The molecule has 1 aromatic carbocycles. The molecule has 0 heterocycles. The minimum atomic E-state index is -3.73. The molecule has 0 fully saturated rings. The van der Waals surface area contributed by atoms with Crippen molar-refractivity contribution in [2.75, 3.05) is 12.3 Å². The SMILES string of the molecule is CC(C)CC(O)CNS(=O)(=O)c1c(Br)cc(N)cc1Br. The van der Waals surface area contributed by atoms with Crippen LogP contribution in [-0.4, -0.2) is 26.2 Å². The van der Waals surface area contributed by atoms with Gasteiger partial charge in [0.15, 0.2) is 0 Å². The van der Waals surface area contributed by atoms with Crippen molar-refractivity contribution in [1.29, 1.82) is 0 Å². The summed E-state index contributed by atoms with van der Waals surface area (Å²) in [6.07, 6.45) is -0.178. The van der Waals surface area contributed by atoms with Gasteiger partial charge in [0.25, 0.3) is 0 Å². The zero-order valence-corrected chi connectivity index (χ0v) is 15.2. The highest BCUT2D eigenvalue weighted by Gasteiger charge is 2.22. The molecule has 0 saturated carbocycles. The Kier molecular flexibility index (Phi) is 6.46. The predicted molar refractivity (Wildman–Crippen MR) is 86.9 cm³/mol. The number of anilines is 1. The molecule has 0 bridgehead atoms. The molecule has 0 aliphatic rings. The minimum absolute atomic E-state index is 0.0240. The van der Waals surface area contributed by atoms with E-state index in [0.29, 0.717) is 27.0 Å². The number of nitrogens with one attached hydrogen (secondary N) is 1. The molecule has 0 saturated heterocycles. The van der Waals surface area contributed by atoms with Gasteiger partial charge in [0.1, 0.15) is 4.90 Å². The first-order valence-corrected chi connectivity index (χ1v) is 9.12. The summed E-state index contributed by atoms with van der Waals surface area (Å²) in [5.41, 5.74) is 6.08. The zero-order chi connectivity index (χ0) is 15.5. The summed E-state index contributed by atoms with van der Waals surface area (Å²) in [6, 6.07) is 3.04. The summed E-state index contributed by atoms with van der Waals surface area (Å²) in [6.45, 7) is 3.90. The van der Waals surface area contributed by atoms with E-state index in [2.05, 4.69) is 36.6 Å². The fourth-order valence-electron chi connectivity index (χ4n) is 1.74. The van der Waals surface area contributed by atoms with Crippen LogP contribution in [0.2, 0.25) is 0 Å². The van der Waals surface area contributed by atoms with Gasteiger partial charge in [-0.1, -0.05) is 13.8 Å². The Morgan fingerprint density at radius 3 is 2.25 bits per heavy atom. The van der Waals surface area contributed by atoms with E-state index in [1.54, 1.807) is 0 Å². The average molecular weight is 430 g/mol. The molecule has 0 aliphatic carbocycles. The van der Waals surface area contributed by atoms with Crippen LogP contribution < -0.4 is 10.5 Å². The topological polar surface area (TPSA) is 92.4 Å². The van der Waals surface area contributed by atoms with Crippen LogP contribution in [0.3, 0.4) is 0 Å². The second kappa shape index (κ2) is 7.22. The molecule has 0 aliphatic heterocycles. The van der Waals surface area contributed by atoms with E-state index in [4.69, 9.17) is 5.73 Å². The molecule has 1 unspecified atom stereocenters. The molecule has 0 spiro atoms. The maximum atomic E-state index is 12.3. The number of benzene rings is 1. The standard InChI is InChI=1S/C12H18Br2N2O3S/c1-7(2)3-9(17)6-16-20(18,19)12-10(13)4-8(15)5-11(12)14/h4-5,7,9,16-17H,3,6,15H2,1-2H3. The maximum Gasteiger partial charge on any atom is 0.242 e. The van der Waals surface area contributed by atoms with Gasteiger partial charge in [0, 0.05) is 21.2 Å². The van der Waals surface area contributed by atoms with Crippen LogP contribution in [0.5, 0.6) is 0 Å². The van der Waals surface area contributed by atoms with E-state index >= 15 is 0 Å². The highest BCUT2D eigenvalue weighted by atomic mass is 79.9. The number of sulfonamides is 1. The maximum absolute atomic E-state index is 12.3. The van der Waals surface area contributed by atoms with Crippen molar-refractivity contribution in [2.24, 2.45) is 5.92 Å². The van der Waals surface area contributed by atoms with E-state index in [1.807, 2.05) is 13.8 Å². The van der Waals surface area contributed by atoms with E-state index in [1.165, 1.54) is 12.1 Å². The number of nitrogen functional groups attached to an aromatic ring is 1. The van der Waals surface area contributed by atoms with Crippen LogP contribution in [0.25, 0.3) is 0 Å². The Labute approximate surface area is 136 Å². The molecule has 4 N–H and O–H groups in total. The number of aliphatic hydroxyl groups is 1. The highest BCUT2D eigenvalue weighted by Crippen LogP contribution is 2.32. The molecule has 20 heavy (non-hydrogen) atoms. The van der Waals surface area contributed by atoms with Crippen molar-refractivity contribution in [1.82, 2.24) is 4.72 Å².